The maximum atomic E-state index is 12.7. The van der Waals surface area contributed by atoms with Crippen molar-refractivity contribution in [3.63, 3.8) is 0 Å². The van der Waals surface area contributed by atoms with Crippen molar-refractivity contribution in [1.82, 2.24) is 5.32 Å². The molecule has 0 atom stereocenters. The van der Waals surface area contributed by atoms with Gasteiger partial charge in [0, 0.05) is 30.6 Å². The highest BCUT2D eigenvalue weighted by molar-refractivity contribution is 5.89. The molecular weight excluding hydrogens is 318 g/mol. The van der Waals surface area contributed by atoms with E-state index in [0.29, 0.717) is 31.4 Å². The summed E-state index contributed by atoms with van der Waals surface area (Å²) >= 11 is 0. The molecule has 2 aliphatic rings. The molecule has 1 spiro atoms. The fourth-order valence-electron chi connectivity index (χ4n) is 3.27. The zero-order valence-electron chi connectivity index (χ0n) is 13.4. The Kier molecular flexibility index (Phi) is 5.30. The zero-order chi connectivity index (χ0) is 17.0. The van der Waals surface area contributed by atoms with Crippen LogP contribution < -0.4 is 10.6 Å². The standard InChI is InChI=1S/C17H22F2N2O3/c18-15(19)13-2-1-3-14(10-13)21-16(22)20-11-12-4-6-17(7-5-12)23-8-9-24-17/h1-3,10,12,15H,4-9,11H2,(H2,20,21,22). The van der Waals surface area contributed by atoms with Gasteiger partial charge in [0.25, 0.3) is 6.43 Å². The molecule has 2 amide bonds. The summed E-state index contributed by atoms with van der Waals surface area (Å²) < 4.78 is 36.7. The topological polar surface area (TPSA) is 59.6 Å². The lowest BCUT2D eigenvalue weighted by Crippen LogP contribution is -2.39. The van der Waals surface area contributed by atoms with Gasteiger partial charge in [-0.1, -0.05) is 12.1 Å². The van der Waals surface area contributed by atoms with Crippen molar-refractivity contribution in [3.8, 4) is 0 Å². The third-order valence-corrected chi connectivity index (χ3v) is 4.63. The van der Waals surface area contributed by atoms with E-state index in [4.69, 9.17) is 9.47 Å². The van der Waals surface area contributed by atoms with E-state index in [-0.39, 0.29) is 11.6 Å². The van der Waals surface area contributed by atoms with Gasteiger partial charge in [0.1, 0.15) is 0 Å². The summed E-state index contributed by atoms with van der Waals surface area (Å²) in [6.45, 7) is 1.86. The average molecular weight is 340 g/mol. The zero-order valence-corrected chi connectivity index (χ0v) is 13.4. The summed E-state index contributed by atoms with van der Waals surface area (Å²) in [4.78, 5) is 11.9. The number of hydrogen-bond acceptors (Lipinski definition) is 3. The van der Waals surface area contributed by atoms with Crippen LogP contribution in [0.2, 0.25) is 0 Å². The largest absolute Gasteiger partial charge is 0.348 e. The van der Waals surface area contributed by atoms with Crippen molar-refractivity contribution in [2.75, 3.05) is 25.1 Å². The Balaban J connectivity index is 1.42. The molecule has 1 aliphatic heterocycles. The van der Waals surface area contributed by atoms with Gasteiger partial charge in [-0.2, -0.15) is 0 Å². The summed E-state index contributed by atoms with van der Waals surface area (Å²) in [6.07, 6.45) is 1.00. The van der Waals surface area contributed by atoms with E-state index in [1.165, 1.54) is 18.2 Å². The molecule has 0 unspecified atom stereocenters. The van der Waals surface area contributed by atoms with Crippen molar-refractivity contribution in [1.29, 1.82) is 0 Å². The summed E-state index contributed by atoms with van der Waals surface area (Å²) in [5.74, 6) is -0.0179. The van der Waals surface area contributed by atoms with Gasteiger partial charge in [-0.3, -0.25) is 0 Å². The number of nitrogens with one attached hydrogen (secondary N) is 2. The number of amides is 2. The van der Waals surface area contributed by atoms with Gasteiger partial charge in [-0.25, -0.2) is 13.6 Å². The Bertz CT molecular complexity index is 567. The highest BCUT2D eigenvalue weighted by atomic mass is 19.3. The van der Waals surface area contributed by atoms with Crippen molar-refractivity contribution in [2.45, 2.75) is 37.9 Å². The second-order valence-corrected chi connectivity index (χ2v) is 6.31. The van der Waals surface area contributed by atoms with Crippen LogP contribution in [-0.2, 0) is 9.47 Å². The first-order chi connectivity index (χ1) is 11.6. The number of carbonyl (C=O) groups excluding carboxylic acids is 1. The van der Waals surface area contributed by atoms with Crippen molar-refractivity contribution in [3.05, 3.63) is 29.8 Å². The molecule has 1 saturated carbocycles. The number of hydrogen-bond donors (Lipinski definition) is 2. The molecule has 7 heteroatoms. The minimum absolute atomic E-state index is 0.109. The van der Waals surface area contributed by atoms with Crippen LogP contribution in [0.5, 0.6) is 0 Å². The smallest absolute Gasteiger partial charge is 0.319 e. The lowest BCUT2D eigenvalue weighted by Gasteiger charge is -2.35. The Morgan fingerprint density at radius 1 is 1.25 bits per heavy atom. The third-order valence-electron chi connectivity index (χ3n) is 4.63. The van der Waals surface area contributed by atoms with Crippen molar-refractivity contribution in [2.24, 2.45) is 5.92 Å². The van der Waals surface area contributed by atoms with Crippen molar-refractivity contribution >= 4 is 11.7 Å². The monoisotopic (exact) mass is 340 g/mol. The number of ether oxygens (including phenoxy) is 2. The number of halogens is 2. The number of rotatable bonds is 4. The second kappa shape index (κ2) is 7.44. The van der Waals surface area contributed by atoms with E-state index in [1.54, 1.807) is 6.07 Å². The predicted molar refractivity (Wildman–Crippen MR) is 85.0 cm³/mol. The molecule has 5 nitrogen and oxygen atoms in total. The average Bonchev–Trinajstić information content (AvgIpc) is 3.03. The molecule has 2 N–H and O–H groups in total. The lowest BCUT2D eigenvalue weighted by atomic mass is 9.85. The number of benzene rings is 1. The maximum absolute atomic E-state index is 12.7. The lowest BCUT2D eigenvalue weighted by molar-refractivity contribution is -0.182. The predicted octanol–water partition coefficient (Wildman–Crippen LogP) is 3.68. The minimum atomic E-state index is -2.55. The normalized spacial score (nSPS) is 20.5. The number of alkyl halides is 2. The van der Waals surface area contributed by atoms with Crippen LogP contribution in [0.1, 0.15) is 37.7 Å². The first-order valence-electron chi connectivity index (χ1n) is 8.27. The Morgan fingerprint density at radius 2 is 1.96 bits per heavy atom. The highest BCUT2D eigenvalue weighted by Gasteiger charge is 2.40. The van der Waals surface area contributed by atoms with Gasteiger partial charge in [-0.05, 0) is 30.9 Å². The summed E-state index contributed by atoms with van der Waals surface area (Å²) in [7, 11) is 0. The molecule has 0 bridgehead atoms. The summed E-state index contributed by atoms with van der Waals surface area (Å²) in [5.41, 5.74) is 0.252. The maximum Gasteiger partial charge on any atom is 0.319 e. The van der Waals surface area contributed by atoms with Gasteiger partial charge in [0.05, 0.1) is 13.2 Å². The van der Waals surface area contributed by atoms with E-state index >= 15 is 0 Å². The summed E-state index contributed by atoms with van der Waals surface area (Å²) in [5, 5.41) is 5.40. The van der Waals surface area contributed by atoms with Crippen LogP contribution in [0.15, 0.2) is 24.3 Å². The Labute approximate surface area is 139 Å². The molecule has 0 aromatic heterocycles. The fourth-order valence-corrected chi connectivity index (χ4v) is 3.27. The number of anilines is 1. The molecule has 2 fully saturated rings. The third kappa shape index (κ3) is 4.21. The number of urea groups is 1. The van der Waals surface area contributed by atoms with Gasteiger partial charge in [0.15, 0.2) is 5.79 Å². The van der Waals surface area contributed by atoms with Crippen LogP contribution in [0.4, 0.5) is 19.3 Å². The molecule has 1 aliphatic carbocycles. The highest BCUT2D eigenvalue weighted by Crippen LogP contribution is 2.37. The SMILES string of the molecule is O=C(NCC1CCC2(CC1)OCCO2)Nc1cccc(C(F)F)c1. The first kappa shape index (κ1) is 17.1. The van der Waals surface area contributed by atoms with Crippen LogP contribution >= 0.6 is 0 Å². The molecule has 132 valence electrons. The quantitative estimate of drug-likeness (QED) is 0.879. The van der Waals surface area contributed by atoms with Gasteiger partial charge in [0.2, 0.25) is 0 Å². The van der Waals surface area contributed by atoms with E-state index in [9.17, 15) is 13.6 Å². The molecule has 1 saturated heterocycles. The van der Waals surface area contributed by atoms with Crippen LogP contribution in [0, 0.1) is 5.92 Å². The minimum Gasteiger partial charge on any atom is -0.348 e. The molecule has 1 aromatic rings. The Hall–Kier alpha value is -1.73. The van der Waals surface area contributed by atoms with Crippen molar-refractivity contribution < 1.29 is 23.0 Å². The van der Waals surface area contributed by atoms with Gasteiger partial charge < -0.3 is 20.1 Å². The molecule has 1 aromatic carbocycles. The molecular formula is C17H22F2N2O3. The molecule has 0 radical (unpaired) electrons. The Morgan fingerprint density at radius 3 is 2.62 bits per heavy atom. The number of carbonyl (C=O) groups is 1. The van der Waals surface area contributed by atoms with Gasteiger partial charge in [-0.15, -0.1) is 0 Å². The van der Waals surface area contributed by atoms with Crippen LogP contribution in [-0.4, -0.2) is 31.6 Å². The van der Waals surface area contributed by atoms with E-state index in [0.717, 1.165) is 25.7 Å². The fraction of sp³-hybridized carbons (Fsp3) is 0.588. The second-order valence-electron chi connectivity index (χ2n) is 6.31. The summed E-state index contributed by atoms with van der Waals surface area (Å²) in [6, 6.07) is 5.32. The van der Waals surface area contributed by atoms with Crippen LogP contribution in [0.3, 0.4) is 0 Å². The first-order valence-corrected chi connectivity index (χ1v) is 8.27. The molecule has 1 heterocycles. The molecule has 3 rings (SSSR count). The van der Waals surface area contributed by atoms with E-state index < -0.39 is 12.2 Å². The van der Waals surface area contributed by atoms with Gasteiger partial charge >= 0.3 is 6.03 Å². The van der Waals surface area contributed by atoms with Crippen LogP contribution in [0.25, 0.3) is 0 Å². The van der Waals surface area contributed by atoms with E-state index in [2.05, 4.69) is 10.6 Å². The molecule has 24 heavy (non-hydrogen) atoms. The van der Waals surface area contributed by atoms with E-state index in [1.807, 2.05) is 0 Å².